The molecular formula is C24H32N6O2. The number of aliphatic imine (C=N–C) groups is 2. The molecule has 0 atom stereocenters. The molecule has 4 rings (SSSR count). The van der Waals surface area contributed by atoms with E-state index < -0.39 is 0 Å². The maximum absolute atomic E-state index is 6.51. The fraction of sp³-hybridized carbons (Fsp3) is 0.500. The third kappa shape index (κ3) is 5.43. The highest BCUT2D eigenvalue weighted by atomic mass is 16.5. The number of nitrogens with one attached hydrogen (secondary N) is 1. The molecule has 8 nitrogen and oxygen atoms in total. The van der Waals surface area contributed by atoms with Crippen molar-refractivity contribution in [1.82, 2.24) is 15.3 Å². The maximum atomic E-state index is 6.51. The van der Waals surface area contributed by atoms with Crippen LogP contribution in [0.25, 0.3) is 11.0 Å². The highest BCUT2D eigenvalue weighted by Gasteiger charge is 2.24. The third-order valence-corrected chi connectivity index (χ3v) is 6.00. The number of benzene rings is 1. The van der Waals surface area contributed by atoms with Crippen LogP contribution in [0.1, 0.15) is 39.5 Å². The second kappa shape index (κ2) is 10.5. The van der Waals surface area contributed by atoms with E-state index in [9.17, 15) is 0 Å². The Hall–Kier alpha value is -3.00. The Balaban J connectivity index is 1.43. The van der Waals surface area contributed by atoms with Crippen LogP contribution in [0.5, 0.6) is 5.75 Å². The summed E-state index contributed by atoms with van der Waals surface area (Å²) in [5.41, 5.74) is 2.81. The molecule has 170 valence electrons. The van der Waals surface area contributed by atoms with Crippen molar-refractivity contribution in [2.45, 2.75) is 51.7 Å². The van der Waals surface area contributed by atoms with Crippen molar-refractivity contribution in [3.63, 3.8) is 0 Å². The number of hydrogen-bond donors (Lipinski definition) is 1. The minimum Gasteiger partial charge on any atom is -0.488 e. The van der Waals surface area contributed by atoms with E-state index in [4.69, 9.17) is 9.47 Å². The van der Waals surface area contributed by atoms with Gasteiger partial charge in [0.05, 0.1) is 24.8 Å². The largest absolute Gasteiger partial charge is 0.488 e. The molecule has 0 spiro atoms. The Morgan fingerprint density at radius 2 is 1.94 bits per heavy atom. The van der Waals surface area contributed by atoms with Crippen molar-refractivity contribution in [2.24, 2.45) is 9.98 Å². The number of anilines is 1. The van der Waals surface area contributed by atoms with Crippen molar-refractivity contribution in [1.29, 1.82) is 0 Å². The highest BCUT2D eigenvalue weighted by molar-refractivity contribution is 5.85. The standard InChI is InChI=1S/C24H32N6O2/c1-4-23(28-17(2)25-3)29-18-5-7-20(8-6-18)32-22-16-19(30-11-13-31-14-12-30)15-21-24(22)27-10-9-26-21/h4,9-10,15-16,18,20,29H,3,5-8,11-14H2,1-2H3/b23-4+,28-17-/t18-,20+. The van der Waals surface area contributed by atoms with Gasteiger partial charge in [0.1, 0.15) is 22.9 Å². The molecule has 1 aromatic carbocycles. The molecule has 32 heavy (non-hydrogen) atoms. The Bertz CT molecular complexity index is 991. The number of allylic oxidation sites excluding steroid dienone is 1. The minimum absolute atomic E-state index is 0.160. The van der Waals surface area contributed by atoms with E-state index in [2.05, 4.69) is 49.0 Å². The van der Waals surface area contributed by atoms with Gasteiger partial charge in [-0.25, -0.2) is 15.0 Å². The number of hydrogen-bond acceptors (Lipinski definition) is 7. The summed E-state index contributed by atoms with van der Waals surface area (Å²) in [5, 5.41) is 3.53. The Morgan fingerprint density at radius 1 is 1.19 bits per heavy atom. The molecule has 1 N–H and O–H groups in total. The van der Waals surface area contributed by atoms with Gasteiger partial charge >= 0.3 is 0 Å². The van der Waals surface area contributed by atoms with Crippen LogP contribution < -0.4 is 15.0 Å². The number of amidine groups is 1. The van der Waals surface area contributed by atoms with Gasteiger partial charge in [-0.15, -0.1) is 0 Å². The van der Waals surface area contributed by atoms with Gasteiger partial charge in [-0.1, -0.05) is 0 Å². The number of fused-ring (bicyclic) bond motifs is 1. The summed E-state index contributed by atoms with van der Waals surface area (Å²) >= 11 is 0. The lowest BCUT2D eigenvalue weighted by molar-refractivity contribution is 0.122. The second-order valence-electron chi connectivity index (χ2n) is 8.19. The zero-order valence-corrected chi connectivity index (χ0v) is 19.0. The van der Waals surface area contributed by atoms with E-state index in [-0.39, 0.29) is 6.10 Å². The summed E-state index contributed by atoms with van der Waals surface area (Å²) in [6.45, 7) is 10.6. The average molecular weight is 437 g/mol. The molecule has 1 aliphatic heterocycles. The van der Waals surface area contributed by atoms with Crippen molar-refractivity contribution < 1.29 is 9.47 Å². The summed E-state index contributed by atoms with van der Waals surface area (Å²) in [7, 11) is 0. The second-order valence-corrected chi connectivity index (χ2v) is 8.19. The monoisotopic (exact) mass is 436 g/mol. The predicted molar refractivity (Wildman–Crippen MR) is 129 cm³/mol. The van der Waals surface area contributed by atoms with Crippen LogP contribution in [0.15, 0.2) is 46.4 Å². The Labute approximate surface area is 189 Å². The number of aromatic nitrogens is 2. The number of ether oxygens (including phenoxy) is 2. The molecule has 2 fully saturated rings. The van der Waals surface area contributed by atoms with Gasteiger partial charge in [-0.05, 0) is 58.4 Å². The number of rotatable bonds is 6. The molecule has 1 aliphatic carbocycles. The quantitative estimate of drug-likeness (QED) is 0.549. The van der Waals surface area contributed by atoms with Crippen LogP contribution in [0.3, 0.4) is 0 Å². The average Bonchev–Trinajstić information content (AvgIpc) is 2.85. The minimum atomic E-state index is 0.160. The topological polar surface area (TPSA) is 84.2 Å². The molecule has 0 bridgehead atoms. The van der Waals surface area contributed by atoms with Crippen LogP contribution in [-0.2, 0) is 4.74 Å². The van der Waals surface area contributed by atoms with Crippen molar-refractivity contribution in [3.05, 3.63) is 36.4 Å². The summed E-state index contributed by atoms with van der Waals surface area (Å²) in [5.74, 6) is 2.33. The first kappa shape index (κ1) is 22.2. The number of nitrogens with zero attached hydrogens (tertiary/aromatic N) is 5. The Morgan fingerprint density at radius 3 is 2.66 bits per heavy atom. The van der Waals surface area contributed by atoms with Gasteiger partial charge < -0.3 is 19.7 Å². The lowest BCUT2D eigenvalue weighted by Gasteiger charge is -2.31. The fourth-order valence-corrected chi connectivity index (χ4v) is 4.23. The molecule has 1 saturated carbocycles. The van der Waals surface area contributed by atoms with Gasteiger partial charge in [0.25, 0.3) is 0 Å². The first-order valence-electron chi connectivity index (χ1n) is 11.3. The molecule has 2 aromatic rings. The van der Waals surface area contributed by atoms with Gasteiger partial charge in [-0.3, -0.25) is 4.98 Å². The van der Waals surface area contributed by atoms with E-state index in [1.165, 1.54) is 0 Å². The zero-order valence-electron chi connectivity index (χ0n) is 19.0. The molecule has 0 amide bonds. The molecule has 8 heteroatoms. The highest BCUT2D eigenvalue weighted by Crippen LogP contribution is 2.33. The van der Waals surface area contributed by atoms with Crippen molar-refractivity contribution >= 4 is 29.3 Å². The van der Waals surface area contributed by atoms with Crippen LogP contribution >= 0.6 is 0 Å². The first-order chi connectivity index (χ1) is 15.7. The molecule has 2 heterocycles. The van der Waals surface area contributed by atoms with Crippen LogP contribution in [0.2, 0.25) is 0 Å². The van der Waals surface area contributed by atoms with Crippen molar-refractivity contribution in [2.75, 3.05) is 31.2 Å². The lowest BCUT2D eigenvalue weighted by Crippen LogP contribution is -2.36. The Kier molecular flexibility index (Phi) is 7.32. The van der Waals surface area contributed by atoms with Gasteiger partial charge in [0, 0.05) is 43.3 Å². The van der Waals surface area contributed by atoms with Crippen LogP contribution in [0.4, 0.5) is 5.69 Å². The number of morpholine rings is 1. The summed E-state index contributed by atoms with van der Waals surface area (Å²) in [6, 6.07) is 4.59. The summed E-state index contributed by atoms with van der Waals surface area (Å²) in [4.78, 5) is 19.7. The molecule has 1 saturated heterocycles. The summed E-state index contributed by atoms with van der Waals surface area (Å²) in [6.07, 6.45) is 9.57. The van der Waals surface area contributed by atoms with Gasteiger partial charge in [0.15, 0.2) is 0 Å². The van der Waals surface area contributed by atoms with Crippen LogP contribution in [0, 0.1) is 0 Å². The first-order valence-corrected chi connectivity index (χ1v) is 11.3. The van der Waals surface area contributed by atoms with E-state index in [1.807, 2.05) is 19.9 Å². The fourth-order valence-electron chi connectivity index (χ4n) is 4.23. The molecule has 2 aliphatic rings. The summed E-state index contributed by atoms with van der Waals surface area (Å²) < 4.78 is 12.0. The van der Waals surface area contributed by atoms with Crippen LogP contribution in [-0.4, -0.2) is 61.0 Å². The van der Waals surface area contributed by atoms with E-state index in [1.54, 1.807) is 12.4 Å². The SMILES string of the molecule is C=N/C(C)=N\C(=C/C)N[C@H]1CC[C@@H](Oc2cc(N3CCOCC3)cc3nccnc23)CC1. The van der Waals surface area contributed by atoms with E-state index in [0.717, 1.165) is 80.3 Å². The van der Waals surface area contributed by atoms with E-state index >= 15 is 0 Å². The molecule has 0 radical (unpaired) electrons. The van der Waals surface area contributed by atoms with Crippen molar-refractivity contribution in [3.8, 4) is 5.75 Å². The molecule has 0 unspecified atom stereocenters. The molecule has 1 aromatic heterocycles. The normalized spacial score (nSPS) is 22.6. The predicted octanol–water partition coefficient (Wildman–Crippen LogP) is 3.73. The maximum Gasteiger partial charge on any atom is 0.149 e. The lowest BCUT2D eigenvalue weighted by atomic mass is 9.93. The zero-order chi connectivity index (χ0) is 22.3. The molecular weight excluding hydrogens is 404 g/mol. The van der Waals surface area contributed by atoms with Gasteiger partial charge in [0.2, 0.25) is 0 Å². The third-order valence-electron chi connectivity index (χ3n) is 6.00. The van der Waals surface area contributed by atoms with Gasteiger partial charge in [-0.2, -0.15) is 0 Å². The van der Waals surface area contributed by atoms with E-state index in [0.29, 0.717) is 11.9 Å². The smallest absolute Gasteiger partial charge is 0.149 e.